The van der Waals surface area contributed by atoms with E-state index in [-0.39, 0.29) is 5.60 Å². The molecular weight excluding hydrogens is 276 g/mol. The smallest absolute Gasteiger partial charge is 0.127 e. The molecule has 0 saturated carbocycles. The number of benzene rings is 1. The number of methoxy groups -OCH3 is 1. The van der Waals surface area contributed by atoms with Crippen LogP contribution in [-0.2, 0) is 10.6 Å². The molecule has 0 atom stereocenters. The summed E-state index contributed by atoms with van der Waals surface area (Å²) in [6, 6.07) is 5.79. The minimum atomic E-state index is -0.183. The third-order valence-corrected chi connectivity index (χ3v) is 3.46. The van der Waals surface area contributed by atoms with E-state index in [9.17, 15) is 0 Å². The van der Waals surface area contributed by atoms with E-state index in [1.807, 2.05) is 32.0 Å². The van der Waals surface area contributed by atoms with Crippen LogP contribution in [0.5, 0.6) is 11.5 Å². The molecule has 0 N–H and O–H groups in total. The monoisotopic (exact) mass is 300 g/mol. The van der Waals surface area contributed by atoms with Gasteiger partial charge in [0.05, 0.1) is 24.7 Å². The molecule has 0 amide bonds. The average molecular weight is 301 g/mol. The van der Waals surface area contributed by atoms with Crippen molar-refractivity contribution in [2.75, 3.05) is 20.3 Å². The normalized spacial score (nSPS) is 11.4. The van der Waals surface area contributed by atoms with E-state index in [1.54, 1.807) is 7.11 Å². The van der Waals surface area contributed by atoms with Crippen molar-refractivity contribution in [2.24, 2.45) is 0 Å². The van der Waals surface area contributed by atoms with Gasteiger partial charge in [0.25, 0.3) is 0 Å². The van der Waals surface area contributed by atoms with Crippen LogP contribution in [0.25, 0.3) is 0 Å². The minimum absolute atomic E-state index is 0.183. The maximum Gasteiger partial charge on any atom is 0.127 e. The average Bonchev–Trinajstić information content (AvgIpc) is 2.45. The van der Waals surface area contributed by atoms with Crippen molar-refractivity contribution in [3.05, 3.63) is 23.8 Å². The van der Waals surface area contributed by atoms with Gasteiger partial charge in [-0.15, -0.1) is 11.6 Å². The Morgan fingerprint density at radius 3 is 2.50 bits per heavy atom. The standard InChI is InChI=1S/C16H25ClO3/c1-5-9-19-14-7-6-13(12-17)15(11-14)20-10-8-16(2,3)18-4/h6-7,11H,5,8-10,12H2,1-4H3. The first-order valence-corrected chi connectivity index (χ1v) is 7.55. The van der Waals surface area contributed by atoms with Crippen LogP contribution in [-0.4, -0.2) is 25.9 Å². The first kappa shape index (κ1) is 17.1. The molecule has 114 valence electrons. The van der Waals surface area contributed by atoms with Crippen LogP contribution < -0.4 is 9.47 Å². The highest BCUT2D eigenvalue weighted by atomic mass is 35.5. The summed E-state index contributed by atoms with van der Waals surface area (Å²) in [4.78, 5) is 0. The lowest BCUT2D eigenvalue weighted by Crippen LogP contribution is -2.25. The molecule has 0 spiro atoms. The first-order valence-electron chi connectivity index (χ1n) is 7.02. The number of halogens is 1. The van der Waals surface area contributed by atoms with Gasteiger partial charge in [0, 0.05) is 25.2 Å². The van der Waals surface area contributed by atoms with E-state index in [2.05, 4.69) is 6.92 Å². The van der Waals surface area contributed by atoms with Gasteiger partial charge in [-0.2, -0.15) is 0 Å². The molecule has 0 unspecified atom stereocenters. The van der Waals surface area contributed by atoms with E-state index >= 15 is 0 Å². The van der Waals surface area contributed by atoms with Gasteiger partial charge in [-0.1, -0.05) is 13.0 Å². The molecule has 0 aromatic heterocycles. The minimum Gasteiger partial charge on any atom is -0.493 e. The Kier molecular flexibility index (Phi) is 7.17. The van der Waals surface area contributed by atoms with Crippen LogP contribution >= 0.6 is 11.6 Å². The number of rotatable bonds is 9. The van der Waals surface area contributed by atoms with E-state index in [0.29, 0.717) is 19.1 Å². The number of hydrogen-bond acceptors (Lipinski definition) is 3. The topological polar surface area (TPSA) is 27.7 Å². The van der Waals surface area contributed by atoms with E-state index < -0.39 is 0 Å². The maximum atomic E-state index is 5.94. The number of alkyl halides is 1. The Bertz CT molecular complexity index is 405. The molecule has 0 aliphatic heterocycles. The Morgan fingerprint density at radius 1 is 1.15 bits per heavy atom. The summed E-state index contributed by atoms with van der Waals surface area (Å²) in [5, 5.41) is 0. The largest absolute Gasteiger partial charge is 0.493 e. The Balaban J connectivity index is 2.66. The lowest BCUT2D eigenvalue weighted by molar-refractivity contribution is 0.00538. The zero-order valence-electron chi connectivity index (χ0n) is 12.9. The summed E-state index contributed by atoms with van der Waals surface area (Å²) in [5.74, 6) is 2.04. The van der Waals surface area contributed by atoms with Crippen molar-refractivity contribution in [2.45, 2.75) is 45.1 Å². The predicted molar refractivity (Wildman–Crippen MR) is 83.0 cm³/mol. The van der Waals surface area contributed by atoms with Crippen molar-refractivity contribution >= 4 is 11.6 Å². The Hall–Kier alpha value is -0.930. The molecule has 0 saturated heterocycles. The van der Waals surface area contributed by atoms with Gasteiger partial charge in [-0.25, -0.2) is 0 Å². The van der Waals surface area contributed by atoms with Crippen LogP contribution in [0.2, 0.25) is 0 Å². The van der Waals surface area contributed by atoms with Gasteiger partial charge < -0.3 is 14.2 Å². The fourth-order valence-electron chi connectivity index (χ4n) is 1.60. The Labute approximate surface area is 127 Å². The highest BCUT2D eigenvalue weighted by Crippen LogP contribution is 2.27. The first-order chi connectivity index (χ1) is 9.52. The lowest BCUT2D eigenvalue weighted by Gasteiger charge is -2.23. The molecule has 1 aromatic rings. The highest BCUT2D eigenvalue weighted by Gasteiger charge is 2.16. The van der Waals surface area contributed by atoms with Gasteiger partial charge in [0.2, 0.25) is 0 Å². The molecule has 0 aliphatic carbocycles. The third kappa shape index (κ3) is 5.59. The molecule has 0 radical (unpaired) electrons. The molecular formula is C16H25ClO3. The van der Waals surface area contributed by atoms with E-state index in [4.69, 9.17) is 25.8 Å². The van der Waals surface area contributed by atoms with E-state index in [0.717, 1.165) is 29.9 Å². The zero-order valence-corrected chi connectivity index (χ0v) is 13.6. The van der Waals surface area contributed by atoms with E-state index in [1.165, 1.54) is 0 Å². The molecule has 0 heterocycles. The highest BCUT2D eigenvalue weighted by molar-refractivity contribution is 6.17. The molecule has 4 heteroatoms. The van der Waals surface area contributed by atoms with Gasteiger partial charge in [0.15, 0.2) is 0 Å². The summed E-state index contributed by atoms with van der Waals surface area (Å²) in [7, 11) is 1.71. The van der Waals surface area contributed by atoms with Crippen molar-refractivity contribution in [3.8, 4) is 11.5 Å². The molecule has 3 nitrogen and oxygen atoms in total. The summed E-state index contributed by atoms with van der Waals surface area (Å²) in [6.45, 7) is 7.45. The van der Waals surface area contributed by atoms with Crippen LogP contribution in [0.1, 0.15) is 39.2 Å². The summed E-state index contributed by atoms with van der Waals surface area (Å²) >= 11 is 5.94. The SMILES string of the molecule is CCCOc1ccc(CCl)c(OCCC(C)(C)OC)c1. The molecule has 20 heavy (non-hydrogen) atoms. The second kappa shape index (κ2) is 8.38. The fourth-order valence-corrected chi connectivity index (χ4v) is 1.82. The van der Waals surface area contributed by atoms with Gasteiger partial charge in [-0.05, 0) is 26.3 Å². The third-order valence-electron chi connectivity index (χ3n) is 3.17. The van der Waals surface area contributed by atoms with Crippen LogP contribution in [0.4, 0.5) is 0 Å². The lowest BCUT2D eigenvalue weighted by atomic mass is 10.1. The van der Waals surface area contributed by atoms with Gasteiger partial charge in [-0.3, -0.25) is 0 Å². The van der Waals surface area contributed by atoms with Crippen LogP contribution in [0.15, 0.2) is 18.2 Å². The fraction of sp³-hybridized carbons (Fsp3) is 0.625. The predicted octanol–water partition coefficient (Wildman–Crippen LogP) is 4.41. The quantitative estimate of drug-likeness (QED) is 0.632. The number of ether oxygens (including phenoxy) is 3. The van der Waals surface area contributed by atoms with Crippen molar-refractivity contribution < 1.29 is 14.2 Å². The van der Waals surface area contributed by atoms with Gasteiger partial charge in [0.1, 0.15) is 11.5 Å². The molecule has 1 aromatic carbocycles. The zero-order chi connectivity index (χ0) is 15.0. The second-order valence-corrected chi connectivity index (χ2v) is 5.58. The van der Waals surface area contributed by atoms with Crippen molar-refractivity contribution in [1.82, 2.24) is 0 Å². The summed E-state index contributed by atoms with van der Waals surface area (Å²) in [6.07, 6.45) is 1.79. The Morgan fingerprint density at radius 2 is 1.90 bits per heavy atom. The summed E-state index contributed by atoms with van der Waals surface area (Å²) in [5.41, 5.74) is 0.794. The second-order valence-electron chi connectivity index (χ2n) is 5.31. The maximum absolute atomic E-state index is 5.94. The number of hydrogen-bond donors (Lipinski definition) is 0. The molecule has 0 bridgehead atoms. The van der Waals surface area contributed by atoms with Crippen LogP contribution in [0, 0.1) is 0 Å². The molecule has 0 aliphatic rings. The van der Waals surface area contributed by atoms with Crippen molar-refractivity contribution in [3.63, 3.8) is 0 Å². The summed E-state index contributed by atoms with van der Waals surface area (Å²) < 4.78 is 16.8. The molecule has 1 rings (SSSR count). The van der Waals surface area contributed by atoms with Crippen molar-refractivity contribution in [1.29, 1.82) is 0 Å². The van der Waals surface area contributed by atoms with Crippen LogP contribution in [0.3, 0.4) is 0 Å². The van der Waals surface area contributed by atoms with Gasteiger partial charge >= 0.3 is 0 Å². The molecule has 0 fully saturated rings.